The molecule has 0 amide bonds. The van der Waals surface area contributed by atoms with Crippen LogP contribution in [0.5, 0.6) is 0 Å². The van der Waals surface area contributed by atoms with Crippen LogP contribution >= 0.6 is 0 Å². The van der Waals surface area contributed by atoms with E-state index in [-0.39, 0.29) is 0 Å². The molecule has 0 aliphatic rings. The van der Waals surface area contributed by atoms with Crippen LogP contribution in [0.2, 0.25) is 19.6 Å². The Kier molecular flexibility index (Phi) is 4.14. The van der Waals surface area contributed by atoms with Crippen LogP contribution in [-0.2, 0) is 13.1 Å². The quantitative estimate of drug-likeness (QED) is 0.587. The van der Waals surface area contributed by atoms with Crippen molar-refractivity contribution < 1.29 is 4.57 Å². The third-order valence-corrected chi connectivity index (χ3v) is 5.06. The van der Waals surface area contributed by atoms with Gasteiger partial charge in [0, 0.05) is 25.3 Å². The first-order chi connectivity index (χ1) is 9.26. The molecule has 0 aliphatic carbocycles. The Balaban J connectivity index is 2.48. The molecule has 1 nitrogen and oxygen atoms in total. The molecular formula is C18H26NSi+. The fraction of sp³-hybridized carbons (Fsp3) is 0.389. The molecule has 1 heterocycles. The molecule has 0 unspecified atom stereocenters. The SMILES string of the molecule is Cc1ccc(-c2cc(C[Si](C)(C)C)ccc2C)[n+](C)c1. The zero-order chi connectivity index (χ0) is 14.9. The molecule has 0 saturated carbocycles. The summed E-state index contributed by atoms with van der Waals surface area (Å²) in [4.78, 5) is 0. The van der Waals surface area contributed by atoms with E-state index in [0.29, 0.717) is 0 Å². The van der Waals surface area contributed by atoms with E-state index in [9.17, 15) is 0 Å². The molecule has 0 saturated heterocycles. The van der Waals surface area contributed by atoms with Gasteiger partial charge in [-0.25, -0.2) is 4.57 Å². The summed E-state index contributed by atoms with van der Waals surface area (Å²) in [6.45, 7) is 11.6. The zero-order valence-corrected chi connectivity index (χ0v) is 14.6. The fourth-order valence-electron chi connectivity index (χ4n) is 2.69. The van der Waals surface area contributed by atoms with Crippen LogP contribution in [-0.4, -0.2) is 8.07 Å². The van der Waals surface area contributed by atoms with Crippen LogP contribution in [0.25, 0.3) is 11.3 Å². The number of aryl methyl sites for hydroxylation is 3. The van der Waals surface area contributed by atoms with Crippen LogP contribution < -0.4 is 4.57 Å². The maximum atomic E-state index is 2.43. The van der Waals surface area contributed by atoms with E-state index in [4.69, 9.17) is 0 Å². The largest absolute Gasteiger partial charge is 0.212 e. The van der Waals surface area contributed by atoms with E-state index in [1.54, 1.807) is 0 Å². The Bertz CT molecular complexity index is 624. The third-order valence-electron chi connectivity index (χ3n) is 3.59. The fourth-order valence-corrected chi connectivity index (χ4v) is 4.14. The molecule has 0 atom stereocenters. The Hall–Kier alpha value is -1.41. The Morgan fingerprint density at radius 2 is 1.70 bits per heavy atom. The van der Waals surface area contributed by atoms with Gasteiger partial charge in [-0.3, -0.25) is 0 Å². The van der Waals surface area contributed by atoms with Gasteiger partial charge in [-0.2, -0.15) is 0 Å². The van der Waals surface area contributed by atoms with Gasteiger partial charge >= 0.3 is 0 Å². The van der Waals surface area contributed by atoms with Crippen molar-refractivity contribution in [1.82, 2.24) is 0 Å². The van der Waals surface area contributed by atoms with E-state index in [1.807, 2.05) is 0 Å². The topological polar surface area (TPSA) is 3.88 Å². The van der Waals surface area contributed by atoms with Gasteiger partial charge in [-0.1, -0.05) is 31.8 Å². The summed E-state index contributed by atoms with van der Waals surface area (Å²) in [5.41, 5.74) is 6.79. The smallest absolute Gasteiger partial charge is 0.201 e. The van der Waals surface area contributed by atoms with Crippen molar-refractivity contribution in [2.24, 2.45) is 7.05 Å². The van der Waals surface area contributed by atoms with Crippen LogP contribution in [0.1, 0.15) is 16.7 Å². The van der Waals surface area contributed by atoms with Crippen molar-refractivity contribution in [1.29, 1.82) is 0 Å². The van der Waals surface area contributed by atoms with Crippen LogP contribution in [0.3, 0.4) is 0 Å². The molecule has 2 aromatic rings. The van der Waals surface area contributed by atoms with Gasteiger partial charge < -0.3 is 0 Å². The number of hydrogen-bond acceptors (Lipinski definition) is 0. The lowest BCUT2D eigenvalue weighted by Crippen LogP contribution is -2.31. The molecule has 0 radical (unpaired) electrons. The van der Waals surface area contributed by atoms with Gasteiger partial charge in [-0.15, -0.1) is 0 Å². The normalized spacial score (nSPS) is 11.7. The first-order valence-corrected chi connectivity index (χ1v) is 11.0. The lowest BCUT2D eigenvalue weighted by Gasteiger charge is -2.16. The predicted molar refractivity (Wildman–Crippen MR) is 89.6 cm³/mol. The average Bonchev–Trinajstić information content (AvgIpc) is 2.30. The Morgan fingerprint density at radius 1 is 1.00 bits per heavy atom. The van der Waals surface area contributed by atoms with Crippen LogP contribution in [0.15, 0.2) is 36.5 Å². The summed E-state index contributed by atoms with van der Waals surface area (Å²) in [6, 6.07) is 12.6. The molecule has 1 aromatic carbocycles. The molecule has 20 heavy (non-hydrogen) atoms. The lowest BCUT2D eigenvalue weighted by atomic mass is 10.0. The zero-order valence-electron chi connectivity index (χ0n) is 13.6. The molecule has 0 N–H and O–H groups in total. The number of hydrogen-bond donors (Lipinski definition) is 0. The Labute approximate surface area is 124 Å². The molecule has 0 fully saturated rings. The maximum Gasteiger partial charge on any atom is 0.212 e. The van der Waals surface area contributed by atoms with E-state index < -0.39 is 8.07 Å². The highest BCUT2D eigenvalue weighted by Crippen LogP contribution is 2.23. The average molecular weight is 284 g/mol. The lowest BCUT2D eigenvalue weighted by molar-refractivity contribution is -0.660. The molecule has 0 aliphatic heterocycles. The molecule has 1 aromatic heterocycles. The second-order valence-electron chi connectivity index (χ2n) is 7.09. The van der Waals surface area contributed by atoms with Crippen molar-refractivity contribution >= 4 is 8.07 Å². The number of rotatable bonds is 3. The van der Waals surface area contributed by atoms with Crippen molar-refractivity contribution in [3.8, 4) is 11.3 Å². The van der Waals surface area contributed by atoms with Crippen LogP contribution in [0.4, 0.5) is 0 Å². The highest BCUT2D eigenvalue weighted by atomic mass is 28.3. The van der Waals surface area contributed by atoms with Crippen molar-refractivity contribution in [2.45, 2.75) is 39.5 Å². The summed E-state index contributed by atoms with van der Waals surface area (Å²) < 4.78 is 2.23. The summed E-state index contributed by atoms with van der Waals surface area (Å²) in [6.07, 6.45) is 2.19. The highest BCUT2D eigenvalue weighted by Gasteiger charge is 2.17. The van der Waals surface area contributed by atoms with E-state index >= 15 is 0 Å². The minimum Gasteiger partial charge on any atom is -0.201 e. The second kappa shape index (κ2) is 5.53. The molecule has 0 spiro atoms. The van der Waals surface area contributed by atoms with Gasteiger partial charge in [0.2, 0.25) is 5.69 Å². The minimum absolute atomic E-state index is 1.07. The second-order valence-corrected chi connectivity index (χ2v) is 12.6. The standard InChI is InChI=1S/C18H26NSi/c1-14-7-10-18(19(3)12-14)17-11-16(9-8-15(17)2)13-20(4,5)6/h7-12H,13H2,1-6H3/q+1. The third kappa shape index (κ3) is 3.57. The molecule has 0 bridgehead atoms. The Morgan fingerprint density at radius 3 is 2.30 bits per heavy atom. The first kappa shape index (κ1) is 15.0. The number of pyridine rings is 1. The van der Waals surface area contributed by atoms with Crippen molar-refractivity contribution in [3.05, 3.63) is 53.2 Å². The van der Waals surface area contributed by atoms with Gasteiger partial charge in [-0.05, 0) is 43.2 Å². The molecule has 2 heteroatoms. The highest BCUT2D eigenvalue weighted by molar-refractivity contribution is 6.75. The number of aromatic nitrogens is 1. The minimum atomic E-state index is -1.07. The van der Waals surface area contributed by atoms with Crippen LogP contribution in [0, 0.1) is 13.8 Å². The first-order valence-electron chi connectivity index (χ1n) is 7.32. The summed E-state index contributed by atoms with van der Waals surface area (Å²) >= 11 is 0. The van der Waals surface area contributed by atoms with Gasteiger partial charge in [0.25, 0.3) is 0 Å². The van der Waals surface area contributed by atoms with Gasteiger partial charge in [0.05, 0.1) is 0 Å². The van der Waals surface area contributed by atoms with E-state index in [0.717, 1.165) is 0 Å². The molecular weight excluding hydrogens is 258 g/mol. The van der Waals surface area contributed by atoms with E-state index in [1.165, 1.54) is 34.0 Å². The molecule has 2 rings (SSSR count). The monoisotopic (exact) mass is 284 g/mol. The van der Waals surface area contributed by atoms with E-state index in [2.05, 4.69) is 81.6 Å². The predicted octanol–water partition coefficient (Wildman–Crippen LogP) is 4.21. The summed E-state index contributed by atoms with van der Waals surface area (Å²) in [7, 11) is 1.06. The summed E-state index contributed by atoms with van der Waals surface area (Å²) in [5.74, 6) is 0. The van der Waals surface area contributed by atoms with Gasteiger partial charge in [0.15, 0.2) is 6.20 Å². The number of benzene rings is 1. The maximum absolute atomic E-state index is 2.43. The van der Waals surface area contributed by atoms with Gasteiger partial charge in [0.1, 0.15) is 7.05 Å². The summed E-state index contributed by atoms with van der Waals surface area (Å²) in [5, 5.41) is 0. The number of nitrogens with zero attached hydrogens (tertiary/aromatic N) is 1. The molecule has 106 valence electrons. The van der Waals surface area contributed by atoms with Crippen molar-refractivity contribution in [3.63, 3.8) is 0 Å². The van der Waals surface area contributed by atoms with Crippen molar-refractivity contribution in [2.75, 3.05) is 0 Å².